The molecule has 0 spiro atoms. The molecule has 0 N–H and O–H groups in total. The monoisotopic (exact) mass is 303 g/mol. The van der Waals surface area contributed by atoms with E-state index in [1.807, 2.05) is 23.2 Å². The maximum Gasteiger partial charge on any atom is 0 e. The van der Waals surface area contributed by atoms with Crippen molar-refractivity contribution >= 4 is 29.9 Å². The summed E-state index contributed by atoms with van der Waals surface area (Å²) < 4.78 is 1.95. The molecular formula is C8H7GaN3Y-. The van der Waals surface area contributed by atoms with Gasteiger partial charge >= 0.3 is 80.7 Å². The summed E-state index contributed by atoms with van der Waals surface area (Å²) in [5, 5.41) is 0. The summed E-state index contributed by atoms with van der Waals surface area (Å²) in [6, 6.07) is 2.04. The number of nitrogens with zero attached hydrogens (tertiary/aromatic N) is 3. The van der Waals surface area contributed by atoms with E-state index in [-0.39, 0.29) is 32.7 Å². The molecule has 0 aliphatic carbocycles. The standard InChI is InChI=1S/C8H7N3.Ga.Y/c1-5-3-7-8(6(2)11-5)10-4-9-7;;/h3H,1-2H3;;/q-2;+1;. The first kappa shape index (κ1) is 11.4. The Kier molecular flexibility index (Phi) is 3.74. The van der Waals surface area contributed by atoms with E-state index in [4.69, 9.17) is 0 Å². The van der Waals surface area contributed by atoms with Gasteiger partial charge in [0.15, 0.2) is 0 Å². The van der Waals surface area contributed by atoms with Crippen LogP contribution < -0.4 is 0 Å². The van der Waals surface area contributed by atoms with Crippen LogP contribution in [0.3, 0.4) is 0 Å². The molecule has 0 aliphatic rings. The Hall–Kier alpha value is 0.360. The van der Waals surface area contributed by atoms with Crippen molar-refractivity contribution in [2.45, 2.75) is 13.8 Å². The first-order valence-corrected chi connectivity index (χ1v) is 4.76. The van der Waals surface area contributed by atoms with E-state index >= 15 is 0 Å². The zero-order valence-corrected chi connectivity index (χ0v) is 12.8. The number of hydrogen-bond donors (Lipinski definition) is 0. The molecule has 2 heterocycles. The predicted octanol–water partition coefficient (Wildman–Crippen LogP) is 0.777. The average Bonchev–Trinajstić information content (AvgIpc) is 2.33. The van der Waals surface area contributed by atoms with Crippen molar-refractivity contribution in [3.8, 4) is 0 Å². The van der Waals surface area contributed by atoms with Gasteiger partial charge in [-0.15, -0.1) is 0 Å². The van der Waals surface area contributed by atoms with Gasteiger partial charge in [-0.25, -0.2) is 0 Å². The van der Waals surface area contributed by atoms with Gasteiger partial charge in [0.1, 0.15) is 0 Å². The number of fused-ring (bicyclic) bond motifs is 1. The van der Waals surface area contributed by atoms with E-state index in [1.54, 1.807) is 0 Å². The molecule has 2 rings (SSSR count). The second kappa shape index (κ2) is 4.26. The number of pyridine rings is 1. The Labute approximate surface area is 112 Å². The minimum absolute atomic E-state index is 0. The van der Waals surface area contributed by atoms with Crippen molar-refractivity contribution in [3.05, 3.63) is 23.8 Å². The summed E-state index contributed by atoms with van der Waals surface area (Å²) in [5.74, 6) is 0. The molecule has 0 saturated carbocycles. The van der Waals surface area contributed by atoms with E-state index in [1.165, 1.54) is 18.8 Å². The number of imidazole rings is 1. The molecule has 0 fully saturated rings. The molecule has 0 aromatic carbocycles. The molecule has 0 aliphatic heterocycles. The quantitative estimate of drug-likeness (QED) is 0.532. The number of aromatic nitrogens is 3. The van der Waals surface area contributed by atoms with Gasteiger partial charge in [-0.3, -0.25) is 0 Å². The van der Waals surface area contributed by atoms with Crippen LogP contribution in [0.4, 0.5) is 0 Å². The van der Waals surface area contributed by atoms with E-state index in [9.17, 15) is 0 Å². The third kappa shape index (κ3) is 2.06. The molecule has 2 aromatic rings. The summed E-state index contributed by atoms with van der Waals surface area (Å²) in [6.45, 7) is 3.97. The van der Waals surface area contributed by atoms with E-state index in [0.717, 1.165) is 22.4 Å². The second-order valence-corrected chi connectivity index (χ2v) is 3.88. The second-order valence-electron chi connectivity index (χ2n) is 2.80. The third-order valence-corrected chi connectivity index (χ3v) is 2.63. The fourth-order valence-corrected chi connectivity index (χ4v) is 1.81. The maximum absolute atomic E-state index is 4.33. The van der Waals surface area contributed by atoms with Crippen molar-refractivity contribution in [2.75, 3.05) is 0 Å². The first-order chi connectivity index (χ1) is 5.68. The van der Waals surface area contributed by atoms with Crippen LogP contribution in [0.15, 0.2) is 6.07 Å². The van der Waals surface area contributed by atoms with E-state index in [2.05, 4.69) is 16.3 Å². The van der Waals surface area contributed by atoms with Gasteiger partial charge in [0, 0.05) is 32.7 Å². The van der Waals surface area contributed by atoms with Crippen LogP contribution in [0, 0.1) is 20.2 Å². The molecule has 2 aromatic heterocycles. The van der Waals surface area contributed by atoms with Crippen LogP contribution >= 0.6 is 0 Å². The zero-order chi connectivity index (χ0) is 8.72. The number of hydrogen-bond acceptors (Lipinski definition) is 2. The van der Waals surface area contributed by atoms with Crippen molar-refractivity contribution in [1.82, 2.24) is 13.2 Å². The molecule has 0 amide bonds. The molecule has 61 valence electrons. The topological polar surface area (TPSA) is 30.7 Å². The van der Waals surface area contributed by atoms with Gasteiger partial charge in [-0.2, -0.15) is 0 Å². The van der Waals surface area contributed by atoms with Crippen LogP contribution in [0.1, 0.15) is 11.4 Å². The summed E-state index contributed by atoms with van der Waals surface area (Å²) in [5.41, 5.74) is 4.11. The Morgan fingerprint density at radius 1 is 1.46 bits per heavy atom. The SMILES string of the molecule is Cc1cc2c(n[c-][n]2[Ga])c(C)n1.[Y]. The molecule has 0 atom stereocenters. The Morgan fingerprint density at radius 2 is 2.15 bits per heavy atom. The van der Waals surface area contributed by atoms with Gasteiger partial charge in [0.25, 0.3) is 0 Å². The molecule has 5 heteroatoms. The molecular weight excluding hydrogens is 297 g/mol. The minimum Gasteiger partial charge on any atom is 0 e. The molecule has 13 heavy (non-hydrogen) atoms. The van der Waals surface area contributed by atoms with Gasteiger partial charge in [-0.05, 0) is 0 Å². The summed E-state index contributed by atoms with van der Waals surface area (Å²) in [7, 11) is 0. The molecule has 3 nitrogen and oxygen atoms in total. The molecule has 0 bridgehead atoms. The fraction of sp³-hybridized carbons (Fsp3) is 0.250. The Bertz CT molecular complexity index is 438. The maximum atomic E-state index is 4.33. The van der Waals surface area contributed by atoms with Gasteiger partial charge in [0.05, 0.1) is 0 Å². The largest absolute Gasteiger partial charge is 0 e. The van der Waals surface area contributed by atoms with E-state index in [0.29, 0.717) is 0 Å². The van der Waals surface area contributed by atoms with Crippen LogP contribution in [0.2, 0.25) is 0 Å². The van der Waals surface area contributed by atoms with Gasteiger partial charge in [-0.1, -0.05) is 0 Å². The van der Waals surface area contributed by atoms with Crippen LogP contribution in [-0.4, -0.2) is 32.1 Å². The fourth-order valence-electron chi connectivity index (χ4n) is 1.28. The molecule has 0 unspecified atom stereocenters. The van der Waals surface area contributed by atoms with Crippen molar-refractivity contribution in [3.63, 3.8) is 0 Å². The van der Waals surface area contributed by atoms with Crippen LogP contribution in [0.25, 0.3) is 11.0 Å². The van der Waals surface area contributed by atoms with E-state index < -0.39 is 0 Å². The van der Waals surface area contributed by atoms with Crippen LogP contribution in [0.5, 0.6) is 0 Å². The molecule has 0 saturated heterocycles. The summed E-state index contributed by atoms with van der Waals surface area (Å²) in [6.07, 6.45) is 2.90. The Balaban J connectivity index is 0.000000845. The van der Waals surface area contributed by atoms with Crippen LogP contribution in [-0.2, 0) is 32.7 Å². The van der Waals surface area contributed by atoms with Gasteiger partial charge < -0.3 is 0 Å². The smallest absolute Gasteiger partial charge is 0 e. The third-order valence-electron chi connectivity index (χ3n) is 1.80. The normalized spacial score (nSPS) is 10.0. The van der Waals surface area contributed by atoms with Gasteiger partial charge in [0.2, 0.25) is 0 Å². The summed E-state index contributed by atoms with van der Waals surface area (Å²) in [4.78, 5) is 8.48. The predicted molar refractivity (Wildman–Crippen MR) is 47.0 cm³/mol. The molecule has 3 radical (unpaired) electrons. The number of rotatable bonds is 0. The average molecular weight is 304 g/mol. The Morgan fingerprint density at radius 3 is 2.85 bits per heavy atom. The minimum atomic E-state index is 0. The van der Waals surface area contributed by atoms with Crippen molar-refractivity contribution in [2.24, 2.45) is 0 Å². The summed E-state index contributed by atoms with van der Waals surface area (Å²) >= 11 is 1.48. The van der Waals surface area contributed by atoms with Crippen molar-refractivity contribution < 1.29 is 32.7 Å². The number of aryl methyl sites for hydroxylation is 2. The van der Waals surface area contributed by atoms with Crippen molar-refractivity contribution in [1.29, 1.82) is 0 Å². The first-order valence-electron chi connectivity index (χ1n) is 3.68. The zero-order valence-electron chi connectivity index (χ0n) is 7.57.